The molecule has 10 heteroatoms. The first-order valence-electron chi connectivity index (χ1n) is 11.5. The number of nitrogens with one attached hydrogen (secondary N) is 2. The fraction of sp³-hybridized carbons (Fsp3) is 0.565. The average Bonchev–Trinajstić information content (AvgIpc) is 2.95. The van der Waals surface area contributed by atoms with Crippen LogP contribution < -0.4 is 15.5 Å². The predicted molar refractivity (Wildman–Crippen MR) is 117 cm³/mol. The molecule has 4 amide bonds. The molecule has 0 bridgehead atoms. The molecule has 0 aliphatic carbocycles. The van der Waals surface area contributed by atoms with E-state index in [4.69, 9.17) is 0 Å². The summed E-state index contributed by atoms with van der Waals surface area (Å²) in [7, 11) is 0. The first-order valence-corrected chi connectivity index (χ1v) is 11.5. The molecule has 9 nitrogen and oxygen atoms in total. The lowest BCUT2D eigenvalue weighted by Crippen LogP contribution is -2.60. The van der Waals surface area contributed by atoms with Crippen molar-refractivity contribution in [2.24, 2.45) is 5.92 Å². The summed E-state index contributed by atoms with van der Waals surface area (Å²) in [6.45, 7) is 8.53. The van der Waals surface area contributed by atoms with Crippen LogP contribution in [0.15, 0.2) is 12.1 Å². The van der Waals surface area contributed by atoms with Gasteiger partial charge >= 0.3 is 0 Å². The summed E-state index contributed by atoms with van der Waals surface area (Å²) in [5, 5.41) is 5.46. The van der Waals surface area contributed by atoms with Crippen molar-refractivity contribution in [3.63, 3.8) is 0 Å². The van der Waals surface area contributed by atoms with Crippen LogP contribution in [0.3, 0.4) is 0 Å². The van der Waals surface area contributed by atoms with Crippen molar-refractivity contribution in [1.82, 2.24) is 20.4 Å². The van der Waals surface area contributed by atoms with Crippen LogP contribution in [0.4, 0.5) is 10.1 Å². The lowest BCUT2D eigenvalue weighted by Gasteiger charge is -2.47. The number of benzene rings is 1. The van der Waals surface area contributed by atoms with Gasteiger partial charge in [0.05, 0.1) is 16.8 Å². The molecule has 3 fully saturated rings. The number of hydrogen-bond donors (Lipinski definition) is 2. The summed E-state index contributed by atoms with van der Waals surface area (Å²) in [6, 6.07) is 1.91. The molecule has 33 heavy (non-hydrogen) atoms. The first kappa shape index (κ1) is 22.0. The third-order valence-corrected chi connectivity index (χ3v) is 7.28. The van der Waals surface area contributed by atoms with Crippen molar-refractivity contribution in [1.29, 1.82) is 0 Å². The number of amides is 4. The Morgan fingerprint density at radius 1 is 1.00 bits per heavy atom. The van der Waals surface area contributed by atoms with Crippen molar-refractivity contribution in [2.45, 2.75) is 44.8 Å². The number of hydrogen-bond acceptors (Lipinski definition) is 7. The van der Waals surface area contributed by atoms with Crippen molar-refractivity contribution in [2.75, 3.05) is 37.6 Å². The molecule has 4 heterocycles. The van der Waals surface area contributed by atoms with E-state index in [0.29, 0.717) is 24.7 Å². The molecule has 3 unspecified atom stereocenters. The molecule has 0 spiro atoms. The van der Waals surface area contributed by atoms with Crippen LogP contribution in [0, 0.1) is 11.7 Å². The van der Waals surface area contributed by atoms with E-state index < -0.39 is 35.5 Å². The summed E-state index contributed by atoms with van der Waals surface area (Å²) in [5.74, 6) is -2.35. The number of anilines is 1. The van der Waals surface area contributed by atoms with Gasteiger partial charge in [-0.15, -0.1) is 0 Å². The van der Waals surface area contributed by atoms with E-state index in [1.165, 1.54) is 6.07 Å². The molecule has 5 rings (SSSR count). The number of carbonyl (C=O) groups excluding carboxylic acids is 4. The van der Waals surface area contributed by atoms with E-state index in [0.717, 1.165) is 30.6 Å². The van der Waals surface area contributed by atoms with E-state index in [-0.39, 0.29) is 36.1 Å². The Morgan fingerprint density at radius 2 is 1.64 bits per heavy atom. The van der Waals surface area contributed by atoms with Crippen LogP contribution >= 0.6 is 0 Å². The summed E-state index contributed by atoms with van der Waals surface area (Å²) in [6.07, 6.45) is 0.110. The number of fused-ring (bicyclic) bond motifs is 1. The maximum absolute atomic E-state index is 15.2. The number of rotatable bonds is 4. The zero-order valence-corrected chi connectivity index (χ0v) is 18.8. The molecular formula is C23H28FN5O4. The quantitative estimate of drug-likeness (QED) is 0.629. The minimum Gasteiger partial charge on any atom is -0.366 e. The zero-order valence-electron chi connectivity index (χ0n) is 18.8. The smallest absolute Gasteiger partial charge is 0.262 e. The summed E-state index contributed by atoms with van der Waals surface area (Å²) in [5.41, 5.74) is 0.358. The minimum absolute atomic E-state index is 0.0387. The molecule has 4 aliphatic rings. The van der Waals surface area contributed by atoms with Crippen LogP contribution in [0.5, 0.6) is 0 Å². The van der Waals surface area contributed by atoms with Crippen molar-refractivity contribution in [3.8, 4) is 0 Å². The minimum atomic E-state index is -1.06. The second-order valence-corrected chi connectivity index (χ2v) is 9.62. The van der Waals surface area contributed by atoms with Gasteiger partial charge in [0, 0.05) is 51.2 Å². The number of nitrogens with zero attached hydrogens (tertiary/aromatic N) is 3. The Balaban J connectivity index is 1.38. The highest BCUT2D eigenvalue weighted by molar-refractivity contribution is 6.23. The maximum atomic E-state index is 15.2. The van der Waals surface area contributed by atoms with Gasteiger partial charge in [0.2, 0.25) is 11.8 Å². The highest BCUT2D eigenvalue weighted by Gasteiger charge is 2.45. The molecular weight excluding hydrogens is 429 g/mol. The van der Waals surface area contributed by atoms with Crippen LogP contribution in [-0.4, -0.2) is 84.3 Å². The monoisotopic (exact) mass is 457 g/mol. The first-order chi connectivity index (χ1) is 15.7. The molecule has 3 atom stereocenters. The maximum Gasteiger partial charge on any atom is 0.262 e. The molecule has 2 N–H and O–H groups in total. The number of carbonyl (C=O) groups is 4. The fourth-order valence-electron chi connectivity index (χ4n) is 5.41. The average molecular weight is 458 g/mol. The largest absolute Gasteiger partial charge is 0.366 e. The van der Waals surface area contributed by atoms with Gasteiger partial charge in [0.1, 0.15) is 11.9 Å². The Kier molecular flexibility index (Phi) is 5.44. The predicted octanol–water partition coefficient (Wildman–Crippen LogP) is 0.345. The van der Waals surface area contributed by atoms with E-state index >= 15 is 4.39 Å². The van der Waals surface area contributed by atoms with Gasteiger partial charge in [0.25, 0.3) is 11.8 Å². The SMILES string of the molecule is CC1CN(c2cc3c(cc2F)C(=O)N(C2CCC(=O)NC2=O)C3=O)CC(C)N1CC1CNC1. The number of imide groups is 2. The van der Waals surface area contributed by atoms with Gasteiger partial charge in [0.15, 0.2) is 0 Å². The normalized spacial score (nSPS) is 28.8. The number of piperidine rings is 1. The lowest BCUT2D eigenvalue weighted by molar-refractivity contribution is -0.136. The van der Waals surface area contributed by atoms with Crippen molar-refractivity contribution < 1.29 is 23.6 Å². The molecule has 4 aliphatic heterocycles. The third-order valence-electron chi connectivity index (χ3n) is 7.28. The molecule has 0 aromatic heterocycles. The number of halogens is 1. The van der Waals surface area contributed by atoms with Gasteiger partial charge in [-0.1, -0.05) is 0 Å². The number of piperazine rings is 1. The van der Waals surface area contributed by atoms with E-state index in [1.54, 1.807) is 0 Å². The van der Waals surface area contributed by atoms with Gasteiger partial charge in [-0.25, -0.2) is 4.39 Å². The molecule has 1 aromatic rings. The summed E-state index contributed by atoms with van der Waals surface area (Å²) in [4.78, 5) is 55.0. The highest BCUT2D eigenvalue weighted by Crippen LogP contribution is 2.34. The van der Waals surface area contributed by atoms with Gasteiger partial charge in [-0.3, -0.25) is 34.3 Å². The summed E-state index contributed by atoms with van der Waals surface area (Å²) >= 11 is 0. The van der Waals surface area contributed by atoms with E-state index in [2.05, 4.69) is 29.4 Å². The molecule has 1 aromatic carbocycles. The van der Waals surface area contributed by atoms with Crippen LogP contribution in [0.2, 0.25) is 0 Å². The van der Waals surface area contributed by atoms with Crippen LogP contribution in [0.1, 0.15) is 47.4 Å². The second kappa shape index (κ2) is 8.18. The molecule has 0 saturated carbocycles. The second-order valence-electron chi connectivity index (χ2n) is 9.62. The Bertz CT molecular complexity index is 1030. The van der Waals surface area contributed by atoms with E-state index in [1.807, 2.05) is 4.90 Å². The van der Waals surface area contributed by atoms with Crippen molar-refractivity contribution in [3.05, 3.63) is 29.1 Å². The van der Waals surface area contributed by atoms with Gasteiger partial charge < -0.3 is 10.2 Å². The Labute approximate surface area is 191 Å². The molecule has 176 valence electrons. The van der Waals surface area contributed by atoms with Gasteiger partial charge in [-0.2, -0.15) is 0 Å². The molecule has 3 saturated heterocycles. The van der Waals surface area contributed by atoms with Crippen molar-refractivity contribution >= 4 is 29.3 Å². The topological polar surface area (TPSA) is 102 Å². The van der Waals surface area contributed by atoms with Crippen LogP contribution in [-0.2, 0) is 9.59 Å². The standard InChI is InChI=1S/C23H28FN5O4/c1-12-9-27(10-13(2)28(12)11-14-7-25-8-14)19-6-16-15(5-17(19)24)22(32)29(23(16)33)18-3-4-20(30)26-21(18)31/h5-6,12-14,18,25H,3-4,7-11H2,1-2H3,(H,26,30,31). The highest BCUT2D eigenvalue weighted by atomic mass is 19.1. The van der Waals surface area contributed by atoms with E-state index in [9.17, 15) is 19.2 Å². The van der Waals surface area contributed by atoms with Gasteiger partial charge in [-0.05, 0) is 38.3 Å². The third kappa shape index (κ3) is 3.71. The zero-order chi connectivity index (χ0) is 23.4. The summed E-state index contributed by atoms with van der Waals surface area (Å²) < 4.78 is 15.2. The molecule has 0 radical (unpaired) electrons. The fourth-order valence-corrected chi connectivity index (χ4v) is 5.41. The lowest BCUT2D eigenvalue weighted by atomic mass is 9.98. The van der Waals surface area contributed by atoms with Crippen LogP contribution in [0.25, 0.3) is 0 Å². The Hall–Kier alpha value is -2.85. The Morgan fingerprint density at radius 3 is 2.21 bits per heavy atom.